The van der Waals surface area contributed by atoms with Crippen molar-refractivity contribution >= 4 is 21.6 Å². The lowest BCUT2D eigenvalue weighted by Crippen LogP contribution is -2.29. The number of carbonyl (C=O) groups excluding carboxylic acids is 1. The summed E-state index contributed by atoms with van der Waals surface area (Å²) in [6.45, 7) is -0.721. The van der Waals surface area contributed by atoms with Crippen LogP contribution in [0.1, 0.15) is 0 Å². The molecule has 0 fully saturated rings. The first kappa shape index (κ1) is 20.6. The molecule has 2 aromatic carbocycles. The summed E-state index contributed by atoms with van der Waals surface area (Å²) in [5, 5.41) is 2.28. The molecule has 146 valence electrons. The Kier molecular flexibility index (Phi) is 6.36. The number of rotatable bonds is 7. The van der Waals surface area contributed by atoms with E-state index in [0.717, 1.165) is 48.5 Å². The third-order valence-electron chi connectivity index (χ3n) is 2.87. The molecule has 1 amide bonds. The first-order valence-electron chi connectivity index (χ1n) is 7.10. The standard InChI is InChI=1S/C15H12F4N2O5S/c16-10-1-7-13(8-2-10)27(23,24)21-25-9-14(22)20-11-3-5-12(6-4-11)26-15(17,18)19/h1-8,21H,9H2,(H,20,22). The van der Waals surface area contributed by atoms with Crippen LogP contribution in [-0.2, 0) is 19.7 Å². The summed E-state index contributed by atoms with van der Waals surface area (Å²) < 4.78 is 76.3. The highest BCUT2D eigenvalue weighted by Crippen LogP contribution is 2.23. The molecule has 2 aromatic rings. The number of nitrogens with one attached hydrogen (secondary N) is 2. The lowest BCUT2D eigenvalue weighted by molar-refractivity contribution is -0.274. The monoisotopic (exact) mass is 408 g/mol. The normalized spacial score (nSPS) is 11.9. The van der Waals surface area contributed by atoms with Gasteiger partial charge in [-0.15, -0.1) is 13.2 Å². The summed E-state index contributed by atoms with van der Waals surface area (Å²) in [5.41, 5.74) is 0.138. The molecule has 0 aliphatic carbocycles. The van der Waals surface area contributed by atoms with Crippen LogP contribution in [0, 0.1) is 5.82 Å². The van der Waals surface area contributed by atoms with Crippen LogP contribution in [-0.4, -0.2) is 27.3 Å². The SMILES string of the molecule is O=C(CONS(=O)(=O)c1ccc(F)cc1)Nc1ccc(OC(F)(F)F)cc1. The molecule has 2 N–H and O–H groups in total. The van der Waals surface area contributed by atoms with Gasteiger partial charge in [-0.25, -0.2) is 12.8 Å². The minimum absolute atomic E-state index is 0.138. The van der Waals surface area contributed by atoms with Crippen molar-refractivity contribution < 1.29 is 40.3 Å². The highest BCUT2D eigenvalue weighted by Gasteiger charge is 2.30. The Balaban J connectivity index is 1.83. The van der Waals surface area contributed by atoms with Crippen LogP contribution in [0.2, 0.25) is 0 Å². The molecule has 0 saturated heterocycles. The van der Waals surface area contributed by atoms with Gasteiger partial charge in [0.1, 0.15) is 18.2 Å². The molecule has 0 spiro atoms. The van der Waals surface area contributed by atoms with E-state index >= 15 is 0 Å². The number of carbonyl (C=O) groups is 1. The van der Waals surface area contributed by atoms with Gasteiger partial charge in [0.05, 0.1) is 4.90 Å². The number of sulfonamides is 1. The van der Waals surface area contributed by atoms with Crippen molar-refractivity contribution in [2.24, 2.45) is 0 Å². The van der Waals surface area contributed by atoms with Gasteiger partial charge in [-0.2, -0.15) is 0 Å². The smallest absolute Gasteiger partial charge is 0.406 e. The quantitative estimate of drug-likeness (QED) is 0.543. The molecular weight excluding hydrogens is 396 g/mol. The van der Waals surface area contributed by atoms with E-state index in [2.05, 4.69) is 14.9 Å². The molecule has 0 aliphatic rings. The topological polar surface area (TPSA) is 93.7 Å². The van der Waals surface area contributed by atoms with E-state index in [1.807, 2.05) is 0 Å². The Labute approximate surface area is 150 Å². The summed E-state index contributed by atoms with van der Waals surface area (Å²) in [6.07, 6.45) is -4.83. The molecule has 0 bridgehead atoms. The molecule has 0 unspecified atom stereocenters. The number of anilines is 1. The predicted octanol–water partition coefficient (Wildman–Crippen LogP) is 2.57. The van der Waals surface area contributed by atoms with Gasteiger partial charge in [0.2, 0.25) is 0 Å². The highest BCUT2D eigenvalue weighted by atomic mass is 32.2. The summed E-state index contributed by atoms with van der Waals surface area (Å²) >= 11 is 0. The number of hydrogen-bond donors (Lipinski definition) is 2. The molecule has 0 aliphatic heterocycles. The molecule has 7 nitrogen and oxygen atoms in total. The molecule has 0 heterocycles. The maximum Gasteiger partial charge on any atom is 0.573 e. The summed E-state index contributed by atoms with van der Waals surface area (Å²) in [6, 6.07) is 8.17. The van der Waals surface area contributed by atoms with Gasteiger partial charge < -0.3 is 10.1 Å². The van der Waals surface area contributed by atoms with Gasteiger partial charge in [-0.1, -0.05) is 4.89 Å². The molecule has 27 heavy (non-hydrogen) atoms. The van der Waals surface area contributed by atoms with Gasteiger partial charge in [0, 0.05) is 5.69 Å². The molecule has 12 heteroatoms. The second kappa shape index (κ2) is 8.33. The van der Waals surface area contributed by atoms with Crippen molar-refractivity contribution in [3.05, 3.63) is 54.3 Å². The first-order valence-corrected chi connectivity index (χ1v) is 8.58. The Hall–Kier alpha value is -2.70. The average Bonchev–Trinajstić information content (AvgIpc) is 2.55. The Morgan fingerprint density at radius 2 is 1.59 bits per heavy atom. The predicted molar refractivity (Wildman–Crippen MR) is 84.4 cm³/mol. The van der Waals surface area contributed by atoms with Crippen LogP contribution in [0.5, 0.6) is 5.75 Å². The van der Waals surface area contributed by atoms with Crippen molar-refractivity contribution in [1.82, 2.24) is 4.89 Å². The summed E-state index contributed by atoms with van der Waals surface area (Å²) in [4.78, 5) is 17.7. The van der Waals surface area contributed by atoms with Crippen molar-refractivity contribution in [2.75, 3.05) is 11.9 Å². The summed E-state index contributed by atoms with van der Waals surface area (Å²) in [7, 11) is -4.11. The second-order valence-corrected chi connectivity index (χ2v) is 6.59. The Bertz CT molecular complexity index is 884. The van der Waals surface area contributed by atoms with Gasteiger partial charge in [0.15, 0.2) is 0 Å². The average molecular weight is 408 g/mol. The zero-order chi connectivity index (χ0) is 20.1. The lowest BCUT2D eigenvalue weighted by atomic mass is 10.3. The van der Waals surface area contributed by atoms with E-state index in [4.69, 9.17) is 0 Å². The van der Waals surface area contributed by atoms with Crippen molar-refractivity contribution in [3.8, 4) is 5.75 Å². The maximum absolute atomic E-state index is 12.8. The molecule has 0 radical (unpaired) electrons. The fourth-order valence-corrected chi connectivity index (χ4v) is 2.58. The fourth-order valence-electron chi connectivity index (χ4n) is 1.77. The van der Waals surface area contributed by atoms with E-state index in [1.165, 1.54) is 0 Å². The minimum Gasteiger partial charge on any atom is -0.406 e. The van der Waals surface area contributed by atoms with Crippen molar-refractivity contribution in [2.45, 2.75) is 11.3 Å². The van der Waals surface area contributed by atoms with E-state index in [0.29, 0.717) is 0 Å². The van der Waals surface area contributed by atoms with Crippen LogP contribution in [0.4, 0.5) is 23.2 Å². The van der Waals surface area contributed by atoms with Crippen LogP contribution in [0.25, 0.3) is 0 Å². The Morgan fingerprint density at radius 1 is 1.00 bits per heavy atom. The van der Waals surface area contributed by atoms with Gasteiger partial charge in [0.25, 0.3) is 15.9 Å². The fraction of sp³-hybridized carbons (Fsp3) is 0.133. The van der Waals surface area contributed by atoms with Crippen LogP contribution in [0.3, 0.4) is 0 Å². The maximum atomic E-state index is 12.8. The number of halogens is 4. The highest BCUT2D eigenvalue weighted by molar-refractivity contribution is 7.89. The van der Waals surface area contributed by atoms with Crippen LogP contribution >= 0.6 is 0 Å². The first-order chi connectivity index (χ1) is 12.5. The van der Waals surface area contributed by atoms with Crippen LogP contribution in [0.15, 0.2) is 53.4 Å². The molecular formula is C15H12F4N2O5S. The second-order valence-electron chi connectivity index (χ2n) is 4.95. The summed E-state index contributed by atoms with van der Waals surface area (Å²) in [5.74, 6) is -1.87. The van der Waals surface area contributed by atoms with E-state index in [1.54, 1.807) is 4.89 Å². The van der Waals surface area contributed by atoms with Crippen LogP contribution < -0.4 is 14.9 Å². The van der Waals surface area contributed by atoms with E-state index < -0.39 is 40.5 Å². The van der Waals surface area contributed by atoms with Crippen molar-refractivity contribution in [3.63, 3.8) is 0 Å². The third kappa shape index (κ3) is 6.84. The van der Waals surface area contributed by atoms with Gasteiger partial charge >= 0.3 is 6.36 Å². The molecule has 2 rings (SSSR count). The number of alkyl halides is 3. The van der Waals surface area contributed by atoms with Gasteiger partial charge in [-0.05, 0) is 48.5 Å². The lowest BCUT2D eigenvalue weighted by Gasteiger charge is -2.10. The van der Waals surface area contributed by atoms with Crippen molar-refractivity contribution in [1.29, 1.82) is 0 Å². The zero-order valence-corrected chi connectivity index (χ0v) is 14.1. The number of hydrogen-bond acceptors (Lipinski definition) is 5. The zero-order valence-electron chi connectivity index (χ0n) is 13.3. The minimum atomic E-state index is -4.83. The number of ether oxygens (including phenoxy) is 1. The van der Waals surface area contributed by atoms with Gasteiger partial charge in [-0.3, -0.25) is 9.63 Å². The number of benzene rings is 2. The van der Waals surface area contributed by atoms with E-state index in [9.17, 15) is 30.8 Å². The molecule has 0 atom stereocenters. The van der Waals surface area contributed by atoms with E-state index in [-0.39, 0.29) is 10.6 Å². The Morgan fingerprint density at radius 3 is 2.15 bits per heavy atom. The molecule has 0 aromatic heterocycles. The third-order valence-corrected chi connectivity index (χ3v) is 4.10. The number of amides is 1. The molecule has 0 saturated carbocycles. The largest absolute Gasteiger partial charge is 0.573 e.